The number of nitrogens with zero attached hydrogens (tertiary/aromatic N) is 2. The largest absolute Gasteiger partial charge is 0.497 e. The first-order chi connectivity index (χ1) is 16.7. The molecular formula is C25H23N3O6S. The Morgan fingerprint density at radius 2 is 1.71 bits per heavy atom. The molecule has 4 aromatic rings. The molecule has 0 spiro atoms. The molecule has 1 heterocycles. The Kier molecular flexibility index (Phi) is 6.57. The minimum atomic E-state index is -3.97. The van der Waals surface area contributed by atoms with Crippen LogP contribution >= 0.6 is 0 Å². The molecule has 4 rings (SSSR count). The Bertz CT molecular complexity index is 1560. The second-order valence-electron chi connectivity index (χ2n) is 7.58. The van der Waals surface area contributed by atoms with E-state index in [-0.39, 0.29) is 33.7 Å². The van der Waals surface area contributed by atoms with Crippen LogP contribution in [0.15, 0.2) is 76.4 Å². The zero-order chi connectivity index (χ0) is 25.2. The molecule has 0 atom stereocenters. The molecule has 0 aliphatic rings. The van der Waals surface area contributed by atoms with Crippen molar-refractivity contribution in [2.75, 3.05) is 18.4 Å². The van der Waals surface area contributed by atoms with Crippen LogP contribution in [0.25, 0.3) is 16.6 Å². The van der Waals surface area contributed by atoms with Crippen LogP contribution in [0.3, 0.4) is 0 Å². The number of hydrogen-bond acceptors (Lipinski definition) is 7. The quantitative estimate of drug-likeness (QED) is 0.390. The Balaban J connectivity index is 1.68. The van der Waals surface area contributed by atoms with E-state index in [4.69, 9.17) is 9.47 Å². The van der Waals surface area contributed by atoms with Gasteiger partial charge in [-0.25, -0.2) is 18.2 Å². The summed E-state index contributed by atoms with van der Waals surface area (Å²) in [7, 11) is -2.42. The van der Waals surface area contributed by atoms with Gasteiger partial charge in [-0.15, -0.1) is 0 Å². The van der Waals surface area contributed by atoms with Crippen LogP contribution < -0.4 is 15.0 Å². The molecule has 0 fully saturated rings. The molecule has 9 nitrogen and oxygen atoms in total. The van der Waals surface area contributed by atoms with Gasteiger partial charge < -0.3 is 9.47 Å². The van der Waals surface area contributed by atoms with E-state index in [9.17, 15) is 18.0 Å². The number of fused-ring (bicyclic) bond motifs is 1. The van der Waals surface area contributed by atoms with Gasteiger partial charge in [-0.05, 0) is 80.6 Å². The molecule has 1 aromatic heterocycles. The lowest BCUT2D eigenvalue weighted by Crippen LogP contribution is -2.22. The summed E-state index contributed by atoms with van der Waals surface area (Å²) in [5.74, 6) is 0.609. The fourth-order valence-electron chi connectivity index (χ4n) is 3.59. The summed E-state index contributed by atoms with van der Waals surface area (Å²) in [5, 5.41) is 0.254. The van der Waals surface area contributed by atoms with Crippen molar-refractivity contribution >= 4 is 32.6 Å². The van der Waals surface area contributed by atoms with Crippen molar-refractivity contribution in [2.24, 2.45) is 0 Å². The highest BCUT2D eigenvalue weighted by Gasteiger charge is 2.17. The normalized spacial score (nSPS) is 11.3. The number of aromatic nitrogens is 2. The number of hydrogen-bond donors (Lipinski definition) is 1. The van der Waals surface area contributed by atoms with Gasteiger partial charge in [-0.2, -0.15) is 0 Å². The van der Waals surface area contributed by atoms with Crippen molar-refractivity contribution < 1.29 is 22.7 Å². The molecule has 0 saturated heterocycles. The highest BCUT2D eigenvalue weighted by Crippen LogP contribution is 2.22. The lowest BCUT2D eigenvalue weighted by molar-refractivity contribution is 0.0526. The average molecular weight is 494 g/mol. The summed E-state index contributed by atoms with van der Waals surface area (Å²) < 4.78 is 39.8. The van der Waals surface area contributed by atoms with E-state index in [1.807, 2.05) is 0 Å². The lowest BCUT2D eigenvalue weighted by Gasteiger charge is -2.13. The first kappa shape index (κ1) is 24.0. The standard InChI is InChI=1S/C25H23N3O6S/c1-4-34-25(30)17-5-12-21(13-6-17)35(31,32)27-18-7-14-23-22(15-18)24(29)28(16(2)26-23)19-8-10-20(33-3)11-9-19/h5-15,27H,4H2,1-3H3. The molecule has 0 aliphatic carbocycles. The summed E-state index contributed by atoms with van der Waals surface area (Å²) in [6.45, 7) is 3.63. The maximum absolute atomic E-state index is 13.3. The Labute approximate surface area is 202 Å². The van der Waals surface area contributed by atoms with Gasteiger partial charge in [0.15, 0.2) is 0 Å². The van der Waals surface area contributed by atoms with E-state index in [1.165, 1.54) is 41.0 Å². The van der Waals surface area contributed by atoms with Crippen LogP contribution in [0.4, 0.5) is 5.69 Å². The van der Waals surface area contributed by atoms with Crippen LogP contribution in [0.2, 0.25) is 0 Å². The molecule has 10 heteroatoms. The lowest BCUT2D eigenvalue weighted by atomic mass is 10.2. The van der Waals surface area contributed by atoms with E-state index in [1.54, 1.807) is 51.3 Å². The van der Waals surface area contributed by atoms with E-state index in [0.29, 0.717) is 22.8 Å². The van der Waals surface area contributed by atoms with Crippen molar-refractivity contribution in [3.8, 4) is 11.4 Å². The summed E-state index contributed by atoms with van der Waals surface area (Å²) in [6.07, 6.45) is 0. The van der Waals surface area contributed by atoms with Gasteiger partial charge in [0.25, 0.3) is 15.6 Å². The van der Waals surface area contributed by atoms with Crippen molar-refractivity contribution in [1.29, 1.82) is 0 Å². The highest BCUT2D eigenvalue weighted by molar-refractivity contribution is 7.92. The van der Waals surface area contributed by atoms with Crippen molar-refractivity contribution in [3.63, 3.8) is 0 Å². The molecule has 0 unspecified atom stereocenters. The number of anilines is 1. The van der Waals surface area contributed by atoms with Crippen LogP contribution in [-0.2, 0) is 14.8 Å². The van der Waals surface area contributed by atoms with Gasteiger partial charge >= 0.3 is 5.97 Å². The number of nitrogens with one attached hydrogen (secondary N) is 1. The number of methoxy groups -OCH3 is 1. The number of sulfonamides is 1. The zero-order valence-corrected chi connectivity index (χ0v) is 20.1. The molecule has 0 saturated carbocycles. The molecule has 3 aromatic carbocycles. The third kappa shape index (κ3) is 4.87. The number of rotatable bonds is 7. The van der Waals surface area contributed by atoms with Crippen molar-refractivity contribution in [1.82, 2.24) is 9.55 Å². The number of esters is 1. The molecule has 0 radical (unpaired) electrons. The predicted octanol–water partition coefficient (Wildman–Crippen LogP) is 3.68. The first-order valence-electron chi connectivity index (χ1n) is 10.7. The molecule has 0 bridgehead atoms. The van der Waals surface area contributed by atoms with Crippen LogP contribution in [0.1, 0.15) is 23.1 Å². The first-order valence-corrected chi connectivity index (χ1v) is 12.2. The van der Waals surface area contributed by atoms with Gasteiger partial charge in [0.1, 0.15) is 11.6 Å². The maximum atomic E-state index is 13.3. The minimum absolute atomic E-state index is 0.0386. The fraction of sp³-hybridized carbons (Fsp3) is 0.160. The predicted molar refractivity (Wildman–Crippen MR) is 132 cm³/mol. The van der Waals surface area contributed by atoms with E-state index >= 15 is 0 Å². The maximum Gasteiger partial charge on any atom is 0.338 e. The van der Waals surface area contributed by atoms with Crippen molar-refractivity contribution in [2.45, 2.75) is 18.7 Å². The van der Waals surface area contributed by atoms with Crippen LogP contribution in [0, 0.1) is 6.92 Å². The number of carbonyl (C=O) groups excluding carboxylic acids is 1. The molecule has 35 heavy (non-hydrogen) atoms. The van der Waals surface area contributed by atoms with Crippen molar-refractivity contribution in [3.05, 3.63) is 88.5 Å². The molecule has 0 aliphatic heterocycles. The number of benzene rings is 3. The third-order valence-corrected chi connectivity index (χ3v) is 6.69. The molecular weight excluding hydrogens is 470 g/mol. The topological polar surface area (TPSA) is 117 Å². The smallest absolute Gasteiger partial charge is 0.338 e. The number of aryl methyl sites for hydroxylation is 1. The third-order valence-electron chi connectivity index (χ3n) is 5.29. The van der Waals surface area contributed by atoms with E-state index in [2.05, 4.69) is 9.71 Å². The summed E-state index contributed by atoms with van der Waals surface area (Å²) in [6, 6.07) is 16.9. The molecule has 1 N–H and O–H groups in total. The fourth-order valence-corrected chi connectivity index (χ4v) is 4.64. The summed E-state index contributed by atoms with van der Waals surface area (Å²) in [5.41, 5.74) is 1.17. The van der Waals surface area contributed by atoms with Gasteiger partial charge in [0, 0.05) is 5.69 Å². The van der Waals surface area contributed by atoms with Gasteiger partial charge in [-0.3, -0.25) is 14.1 Å². The molecule has 0 amide bonds. The molecule has 180 valence electrons. The minimum Gasteiger partial charge on any atom is -0.497 e. The van der Waals surface area contributed by atoms with Crippen LogP contribution in [0.5, 0.6) is 5.75 Å². The average Bonchev–Trinajstić information content (AvgIpc) is 2.85. The van der Waals surface area contributed by atoms with E-state index < -0.39 is 16.0 Å². The number of carbonyl (C=O) groups is 1. The highest BCUT2D eigenvalue weighted by atomic mass is 32.2. The Morgan fingerprint density at radius 3 is 2.34 bits per heavy atom. The second-order valence-corrected chi connectivity index (χ2v) is 9.26. The monoisotopic (exact) mass is 493 g/mol. The number of ether oxygens (including phenoxy) is 2. The Hall–Kier alpha value is -4.18. The Morgan fingerprint density at radius 1 is 1.03 bits per heavy atom. The van der Waals surface area contributed by atoms with Gasteiger partial charge in [0.2, 0.25) is 0 Å². The summed E-state index contributed by atoms with van der Waals surface area (Å²) >= 11 is 0. The van der Waals surface area contributed by atoms with Gasteiger partial charge in [-0.1, -0.05) is 0 Å². The second kappa shape index (κ2) is 9.59. The SMILES string of the molecule is CCOC(=O)c1ccc(S(=O)(=O)Nc2ccc3nc(C)n(-c4ccc(OC)cc4)c(=O)c3c2)cc1. The summed E-state index contributed by atoms with van der Waals surface area (Å²) in [4.78, 5) is 29.6. The van der Waals surface area contributed by atoms with Crippen LogP contribution in [-0.4, -0.2) is 37.7 Å². The van der Waals surface area contributed by atoms with E-state index in [0.717, 1.165) is 0 Å². The zero-order valence-electron chi connectivity index (χ0n) is 19.3. The van der Waals surface area contributed by atoms with Gasteiger partial charge in [0.05, 0.1) is 40.8 Å².